The number of hydrogen-bond acceptors (Lipinski definition) is 6. The molecule has 0 unspecified atom stereocenters. The average molecular weight is 448 g/mol. The molecule has 0 saturated carbocycles. The number of rotatable bonds is 4. The Morgan fingerprint density at radius 1 is 1.31 bits per heavy atom. The molecule has 4 rings (SSSR count). The minimum atomic E-state index is -5.08. The average Bonchev–Trinajstić information content (AvgIpc) is 3.39. The molecule has 2 aliphatic rings. The summed E-state index contributed by atoms with van der Waals surface area (Å²) in [6.45, 7) is 4.75. The quantitative estimate of drug-likeness (QED) is 0.776. The van der Waals surface area contributed by atoms with Gasteiger partial charge >= 0.3 is 12.1 Å². The fourth-order valence-electron chi connectivity index (χ4n) is 3.68. The number of aromatic nitrogens is 1. The summed E-state index contributed by atoms with van der Waals surface area (Å²) in [5, 5.41) is 14.6. The zero-order valence-electron chi connectivity index (χ0n) is 15.6. The number of carboxylic acids is 1. The Labute approximate surface area is 173 Å². The van der Waals surface area contributed by atoms with Gasteiger partial charge in [-0.1, -0.05) is 0 Å². The van der Waals surface area contributed by atoms with Crippen molar-refractivity contribution in [2.45, 2.75) is 51.1 Å². The molecule has 2 saturated heterocycles. The summed E-state index contributed by atoms with van der Waals surface area (Å²) in [6.07, 6.45) is -3.33. The molecule has 4 heterocycles. The Balaban J connectivity index is 0.000000298. The molecule has 0 bridgehead atoms. The summed E-state index contributed by atoms with van der Waals surface area (Å²) in [5.74, 6) is -2.47. The maximum absolute atomic E-state index is 12.4. The summed E-state index contributed by atoms with van der Waals surface area (Å²) in [6, 6.07) is 2.94. The van der Waals surface area contributed by atoms with Gasteiger partial charge in [-0.3, -0.25) is 9.69 Å². The number of aliphatic carboxylic acids is 1. The van der Waals surface area contributed by atoms with Crippen molar-refractivity contribution in [2.24, 2.45) is 0 Å². The standard InChI is InChI=1S/C16H19N3OS2.C2HF3O2/c1-11-17-13(10-22-11)8-19-14-2-4-18(15(14)6-16(19)20)7-12-3-5-21-9-12;3-2(4,5)1(6)7/h3,5,9-10,14-15H,2,4,6-8H2,1H3;(H,6,7)/t14-,15+;/m0./s1. The number of fused-ring (bicyclic) bond motifs is 1. The van der Waals surface area contributed by atoms with Gasteiger partial charge in [-0.15, -0.1) is 11.3 Å². The van der Waals surface area contributed by atoms with Gasteiger partial charge in [0.05, 0.1) is 17.2 Å². The van der Waals surface area contributed by atoms with Crippen LogP contribution in [0.3, 0.4) is 0 Å². The minimum Gasteiger partial charge on any atom is -0.475 e. The van der Waals surface area contributed by atoms with E-state index in [1.54, 1.807) is 22.7 Å². The van der Waals surface area contributed by atoms with Gasteiger partial charge in [-0.25, -0.2) is 9.78 Å². The molecule has 29 heavy (non-hydrogen) atoms. The number of thiophene rings is 1. The van der Waals surface area contributed by atoms with Crippen molar-refractivity contribution >= 4 is 34.6 Å². The molecule has 2 aliphatic heterocycles. The topological polar surface area (TPSA) is 73.7 Å². The van der Waals surface area contributed by atoms with E-state index in [1.165, 1.54) is 5.56 Å². The first-order chi connectivity index (χ1) is 13.6. The lowest BCUT2D eigenvalue weighted by molar-refractivity contribution is -0.192. The van der Waals surface area contributed by atoms with Gasteiger partial charge in [-0.2, -0.15) is 24.5 Å². The van der Waals surface area contributed by atoms with Gasteiger partial charge in [-0.05, 0) is 35.7 Å². The summed E-state index contributed by atoms with van der Waals surface area (Å²) < 4.78 is 31.7. The highest BCUT2D eigenvalue weighted by molar-refractivity contribution is 7.09. The van der Waals surface area contributed by atoms with Gasteiger partial charge in [0.25, 0.3) is 0 Å². The van der Waals surface area contributed by atoms with Crippen LogP contribution in [-0.4, -0.2) is 56.6 Å². The van der Waals surface area contributed by atoms with E-state index in [4.69, 9.17) is 9.90 Å². The fourth-order valence-corrected chi connectivity index (χ4v) is 4.95. The molecule has 1 amide bonds. The number of carboxylic acid groups (broad SMARTS) is 1. The number of aryl methyl sites for hydroxylation is 1. The molecule has 11 heteroatoms. The molecule has 0 spiro atoms. The highest BCUT2D eigenvalue weighted by Crippen LogP contribution is 2.34. The number of nitrogens with zero attached hydrogens (tertiary/aromatic N) is 3. The largest absolute Gasteiger partial charge is 0.490 e. The number of amides is 1. The lowest BCUT2D eigenvalue weighted by Gasteiger charge is -2.24. The van der Waals surface area contributed by atoms with E-state index < -0.39 is 12.1 Å². The Morgan fingerprint density at radius 2 is 2.03 bits per heavy atom. The second-order valence-corrected chi connectivity index (χ2v) is 8.75. The lowest BCUT2D eigenvalue weighted by atomic mass is 10.1. The molecule has 158 valence electrons. The van der Waals surface area contributed by atoms with E-state index in [0.29, 0.717) is 25.0 Å². The third-order valence-corrected chi connectivity index (χ3v) is 6.49. The highest BCUT2D eigenvalue weighted by atomic mass is 32.1. The van der Waals surface area contributed by atoms with Crippen LogP contribution in [0.15, 0.2) is 22.2 Å². The van der Waals surface area contributed by atoms with E-state index in [-0.39, 0.29) is 5.91 Å². The molecule has 2 fully saturated rings. The van der Waals surface area contributed by atoms with Crippen LogP contribution in [0, 0.1) is 6.92 Å². The molecule has 6 nitrogen and oxygen atoms in total. The third kappa shape index (κ3) is 5.34. The number of thiazole rings is 1. The van der Waals surface area contributed by atoms with Crippen LogP contribution >= 0.6 is 22.7 Å². The minimum absolute atomic E-state index is 0.288. The molecule has 2 aromatic rings. The first-order valence-corrected chi connectivity index (χ1v) is 10.7. The number of carbonyl (C=O) groups excluding carboxylic acids is 1. The van der Waals surface area contributed by atoms with Crippen LogP contribution in [0.1, 0.15) is 29.1 Å². The maximum Gasteiger partial charge on any atom is 0.490 e. The molecule has 0 aliphatic carbocycles. The monoisotopic (exact) mass is 447 g/mol. The number of likely N-dealkylation sites (tertiary alicyclic amines) is 2. The first-order valence-electron chi connectivity index (χ1n) is 8.91. The van der Waals surface area contributed by atoms with Gasteiger partial charge in [0.2, 0.25) is 5.91 Å². The van der Waals surface area contributed by atoms with Gasteiger partial charge in [0, 0.05) is 37.0 Å². The second-order valence-electron chi connectivity index (χ2n) is 6.91. The van der Waals surface area contributed by atoms with Crippen molar-refractivity contribution in [2.75, 3.05) is 6.54 Å². The van der Waals surface area contributed by atoms with E-state index in [1.807, 2.05) is 6.92 Å². The zero-order chi connectivity index (χ0) is 21.2. The number of carbonyl (C=O) groups is 2. The summed E-state index contributed by atoms with van der Waals surface area (Å²) in [5.41, 5.74) is 2.40. The summed E-state index contributed by atoms with van der Waals surface area (Å²) in [7, 11) is 0. The predicted molar refractivity (Wildman–Crippen MR) is 103 cm³/mol. The molecule has 2 aromatic heterocycles. The van der Waals surface area contributed by atoms with Crippen LogP contribution < -0.4 is 0 Å². The van der Waals surface area contributed by atoms with Crippen LogP contribution in [0.25, 0.3) is 0 Å². The Kier molecular flexibility index (Phi) is 6.59. The number of hydrogen-bond donors (Lipinski definition) is 1. The second kappa shape index (κ2) is 8.80. The Bertz CT molecular complexity index is 854. The van der Waals surface area contributed by atoms with Crippen molar-refractivity contribution in [1.29, 1.82) is 0 Å². The van der Waals surface area contributed by atoms with Crippen molar-refractivity contribution in [1.82, 2.24) is 14.8 Å². The predicted octanol–water partition coefficient (Wildman–Crippen LogP) is 3.52. The van der Waals surface area contributed by atoms with Gasteiger partial charge in [0.1, 0.15) is 0 Å². The molecular weight excluding hydrogens is 427 g/mol. The van der Waals surface area contributed by atoms with E-state index >= 15 is 0 Å². The van der Waals surface area contributed by atoms with Crippen molar-refractivity contribution < 1.29 is 27.9 Å². The molecule has 0 radical (unpaired) electrons. The van der Waals surface area contributed by atoms with E-state index in [9.17, 15) is 18.0 Å². The first kappa shape index (κ1) is 21.7. The third-order valence-electron chi connectivity index (χ3n) is 4.94. The van der Waals surface area contributed by atoms with Gasteiger partial charge < -0.3 is 10.0 Å². The zero-order valence-corrected chi connectivity index (χ0v) is 17.2. The van der Waals surface area contributed by atoms with Crippen molar-refractivity contribution in [3.63, 3.8) is 0 Å². The normalized spacial score (nSPS) is 21.8. The molecule has 0 aromatic carbocycles. The Hall–Kier alpha value is -1.98. The van der Waals surface area contributed by atoms with Gasteiger partial charge in [0.15, 0.2) is 0 Å². The summed E-state index contributed by atoms with van der Waals surface area (Å²) in [4.78, 5) is 30.4. The molecular formula is C18H20F3N3O3S2. The lowest BCUT2D eigenvalue weighted by Crippen LogP contribution is -2.36. The summed E-state index contributed by atoms with van der Waals surface area (Å²) >= 11 is 3.40. The molecule has 1 N–H and O–H groups in total. The van der Waals surface area contributed by atoms with Crippen LogP contribution in [-0.2, 0) is 22.7 Å². The van der Waals surface area contributed by atoms with Crippen LogP contribution in [0.5, 0.6) is 0 Å². The van der Waals surface area contributed by atoms with E-state index in [0.717, 1.165) is 30.2 Å². The van der Waals surface area contributed by atoms with Crippen LogP contribution in [0.2, 0.25) is 0 Å². The number of halogens is 3. The molecule has 2 atom stereocenters. The van der Waals surface area contributed by atoms with Crippen molar-refractivity contribution in [3.05, 3.63) is 38.5 Å². The maximum atomic E-state index is 12.4. The highest BCUT2D eigenvalue weighted by Gasteiger charge is 2.46. The van der Waals surface area contributed by atoms with E-state index in [2.05, 4.69) is 37.0 Å². The van der Waals surface area contributed by atoms with Crippen molar-refractivity contribution in [3.8, 4) is 0 Å². The smallest absolute Gasteiger partial charge is 0.475 e. The van der Waals surface area contributed by atoms with Crippen LogP contribution in [0.4, 0.5) is 13.2 Å². The SMILES string of the molecule is Cc1nc(CN2C(=O)C[C@@H]3[C@@H]2CCN3Cc2ccsc2)cs1.O=C(O)C(F)(F)F. The number of alkyl halides is 3. The Morgan fingerprint density at radius 3 is 2.59 bits per heavy atom. The fraction of sp³-hybridized carbons (Fsp3) is 0.500.